The molecule has 0 spiro atoms. The lowest BCUT2D eigenvalue weighted by Crippen LogP contribution is -2.36. The van der Waals surface area contributed by atoms with E-state index in [1.807, 2.05) is 0 Å². The first-order valence-electron chi connectivity index (χ1n) is 14.7. The first-order chi connectivity index (χ1) is 24.3. The number of likely N-dealkylation sites (tertiary alicyclic amines) is 1. The van der Waals surface area contributed by atoms with E-state index in [0.29, 0.717) is 42.9 Å². The summed E-state index contributed by atoms with van der Waals surface area (Å²) in [6.45, 7) is 0.770. The van der Waals surface area contributed by atoms with Gasteiger partial charge in [0.15, 0.2) is 11.4 Å². The summed E-state index contributed by atoms with van der Waals surface area (Å²) < 4.78 is 38.2. The largest absolute Gasteiger partial charge is 0.477 e. The Kier molecular flexibility index (Phi) is 11.1. The highest BCUT2D eigenvalue weighted by Gasteiger charge is 2.23. The fourth-order valence-corrected chi connectivity index (χ4v) is 5.95. The van der Waals surface area contributed by atoms with Gasteiger partial charge in [0.1, 0.15) is 0 Å². The molecule has 1 aliphatic rings. The molecule has 0 unspecified atom stereocenters. The van der Waals surface area contributed by atoms with Crippen molar-refractivity contribution in [2.24, 2.45) is 0 Å². The van der Waals surface area contributed by atoms with Crippen LogP contribution in [0.3, 0.4) is 0 Å². The molecule has 2 aromatic carbocycles. The normalized spacial score (nSPS) is 13.3. The summed E-state index contributed by atoms with van der Waals surface area (Å²) >= 11 is 0.666. The maximum atomic E-state index is 13.7. The number of H-pyrrole nitrogens is 2. The number of aromatic carboxylic acids is 2. The lowest BCUT2D eigenvalue weighted by Gasteiger charge is -2.26. The molecular formula is C31H27N5O13S2. The minimum Gasteiger partial charge on any atom is -0.477 e. The number of piperidine rings is 1. The number of aromatic nitrogens is 4. The summed E-state index contributed by atoms with van der Waals surface area (Å²) in [5, 5.41) is 36.5. The molecule has 6 N–H and O–H groups in total. The van der Waals surface area contributed by atoms with Crippen LogP contribution in [0, 0.1) is 0 Å². The van der Waals surface area contributed by atoms with Gasteiger partial charge in [-0.3, -0.25) is 29.1 Å². The van der Waals surface area contributed by atoms with E-state index in [2.05, 4.69) is 25.3 Å². The van der Waals surface area contributed by atoms with Crippen LogP contribution in [0.25, 0.3) is 23.5 Å². The van der Waals surface area contributed by atoms with Crippen LogP contribution in [0.15, 0.2) is 85.3 Å². The van der Waals surface area contributed by atoms with E-state index in [4.69, 9.17) is 5.26 Å². The molecule has 18 nitrogen and oxygen atoms in total. The highest BCUT2D eigenvalue weighted by Crippen LogP contribution is 2.21. The van der Waals surface area contributed by atoms with Crippen molar-refractivity contribution >= 4 is 52.2 Å². The zero-order valence-electron chi connectivity index (χ0n) is 26.0. The number of carbonyl (C=O) groups excluding carboxylic acids is 1. The quantitative estimate of drug-likeness (QED) is 0.0232. The molecule has 0 radical (unpaired) electrons. The van der Waals surface area contributed by atoms with Crippen LogP contribution < -0.4 is 11.1 Å². The number of aromatic amines is 2. The standard InChI is InChI=1S/C31H27N5O13S2/c37-27(34-16-2-1-3-17-34)18(4-14-23-25(30(40)41)32-35(28(23)38)19-6-10-21(11-7-19)50-49-48-44)5-15-24-26(31(42)43)33-36(29(24)39)20-8-12-22(13-9-20)51(45,46)47/h5-15,32-33,44H,1-3,16-17H2,(H,40,41)(H,42,43)(H,45,46,47). The minimum atomic E-state index is -4.54. The number of carbonyl (C=O) groups is 3. The van der Waals surface area contributed by atoms with E-state index in [0.717, 1.165) is 58.3 Å². The van der Waals surface area contributed by atoms with Crippen LogP contribution in [0.2, 0.25) is 0 Å². The van der Waals surface area contributed by atoms with Crippen molar-refractivity contribution < 1.29 is 52.2 Å². The summed E-state index contributed by atoms with van der Waals surface area (Å²) in [4.78, 5) is 66.2. The molecule has 4 aromatic rings. The van der Waals surface area contributed by atoms with E-state index < -0.39 is 60.9 Å². The van der Waals surface area contributed by atoms with Gasteiger partial charge >= 0.3 is 11.9 Å². The number of amides is 1. The molecule has 3 heterocycles. The van der Waals surface area contributed by atoms with Crippen LogP contribution >= 0.6 is 12.0 Å². The van der Waals surface area contributed by atoms with Crippen molar-refractivity contribution in [1.82, 2.24) is 24.5 Å². The summed E-state index contributed by atoms with van der Waals surface area (Å²) in [7, 11) is -4.54. The van der Waals surface area contributed by atoms with Crippen molar-refractivity contribution in [1.29, 1.82) is 0 Å². The Morgan fingerprint density at radius 1 is 0.824 bits per heavy atom. The van der Waals surface area contributed by atoms with Gasteiger partial charge in [-0.1, -0.05) is 5.04 Å². The molecule has 5 rings (SSSR count). The predicted molar refractivity (Wildman–Crippen MR) is 178 cm³/mol. The average Bonchev–Trinajstić information content (AvgIpc) is 3.63. The number of hydrogen-bond donors (Lipinski definition) is 6. The molecule has 0 saturated carbocycles. The van der Waals surface area contributed by atoms with Gasteiger partial charge in [0.05, 0.1) is 45.0 Å². The van der Waals surface area contributed by atoms with Gasteiger partial charge < -0.3 is 15.1 Å². The number of nitrogens with one attached hydrogen (secondary N) is 2. The zero-order valence-corrected chi connectivity index (χ0v) is 27.6. The van der Waals surface area contributed by atoms with E-state index in [1.54, 1.807) is 0 Å². The van der Waals surface area contributed by atoms with Gasteiger partial charge in [-0.2, -0.15) is 8.42 Å². The highest BCUT2D eigenvalue weighted by molar-refractivity contribution is 7.94. The maximum absolute atomic E-state index is 13.7. The van der Waals surface area contributed by atoms with Crippen LogP contribution in [0.5, 0.6) is 0 Å². The first kappa shape index (κ1) is 36.5. The highest BCUT2D eigenvalue weighted by atomic mass is 32.2. The molecular weight excluding hydrogens is 714 g/mol. The van der Waals surface area contributed by atoms with E-state index >= 15 is 0 Å². The molecule has 20 heteroatoms. The molecule has 1 fully saturated rings. The van der Waals surface area contributed by atoms with Gasteiger partial charge in [0, 0.05) is 18.0 Å². The average molecular weight is 742 g/mol. The predicted octanol–water partition coefficient (Wildman–Crippen LogP) is 2.98. The summed E-state index contributed by atoms with van der Waals surface area (Å²) in [6, 6.07) is 10.2. The number of carboxylic acid groups (broad SMARTS) is 2. The lowest BCUT2D eigenvalue weighted by atomic mass is 10.1. The van der Waals surface area contributed by atoms with Crippen molar-refractivity contribution in [3.63, 3.8) is 0 Å². The van der Waals surface area contributed by atoms with Crippen molar-refractivity contribution in [2.45, 2.75) is 29.1 Å². The summed E-state index contributed by atoms with van der Waals surface area (Å²) in [6.07, 6.45) is 5.48. The van der Waals surface area contributed by atoms with Crippen molar-refractivity contribution in [2.75, 3.05) is 13.1 Å². The molecule has 0 bridgehead atoms. The van der Waals surface area contributed by atoms with Gasteiger partial charge in [-0.25, -0.2) is 24.2 Å². The van der Waals surface area contributed by atoms with Gasteiger partial charge in [-0.05, 0) is 86.0 Å². The number of benzene rings is 2. The number of rotatable bonds is 12. The first-order valence-corrected chi connectivity index (χ1v) is 16.9. The van der Waals surface area contributed by atoms with Crippen LogP contribution in [0.4, 0.5) is 0 Å². The third kappa shape index (κ3) is 8.19. The van der Waals surface area contributed by atoms with Crippen molar-refractivity contribution in [3.05, 3.63) is 109 Å². The van der Waals surface area contributed by atoms with Crippen LogP contribution in [-0.4, -0.2) is 83.8 Å². The number of carboxylic acids is 2. The Bertz CT molecular complexity index is 2300. The fraction of sp³-hybridized carbons (Fsp3) is 0.161. The SMILES string of the molecule is O=C(O)c1[nH]n(-c2ccc(SOOO)cc2)c(=O)c1C=C=C(C=Cc1c(C(=O)O)[nH]n(-c2ccc(S(=O)(=O)O)cc2)c1=O)C(=O)N1CCCCC1. The Balaban J connectivity index is 1.60. The second-order valence-electron chi connectivity index (χ2n) is 10.8. The maximum Gasteiger partial charge on any atom is 0.354 e. The van der Waals surface area contributed by atoms with Gasteiger partial charge in [0.25, 0.3) is 27.1 Å². The Labute approximate surface area is 290 Å². The molecule has 2 aromatic heterocycles. The van der Waals surface area contributed by atoms with E-state index in [1.165, 1.54) is 29.2 Å². The number of hydrogen-bond acceptors (Lipinski definition) is 11. The second-order valence-corrected chi connectivity index (χ2v) is 13.0. The molecule has 266 valence electrons. The van der Waals surface area contributed by atoms with E-state index in [9.17, 15) is 47.2 Å². The monoisotopic (exact) mass is 741 g/mol. The van der Waals surface area contributed by atoms with Crippen LogP contribution in [-0.2, 0) is 24.3 Å². The smallest absolute Gasteiger partial charge is 0.354 e. The Morgan fingerprint density at radius 3 is 1.88 bits per heavy atom. The molecule has 1 aliphatic heterocycles. The molecule has 0 aliphatic carbocycles. The van der Waals surface area contributed by atoms with Gasteiger partial charge in [-0.15, -0.1) is 10.1 Å². The molecule has 51 heavy (non-hydrogen) atoms. The second kappa shape index (κ2) is 15.4. The lowest BCUT2D eigenvalue weighted by molar-refractivity contribution is -0.432. The summed E-state index contributed by atoms with van der Waals surface area (Å²) in [5.74, 6) is -3.61. The van der Waals surface area contributed by atoms with Crippen molar-refractivity contribution in [3.8, 4) is 11.4 Å². The van der Waals surface area contributed by atoms with Gasteiger partial charge in [0.2, 0.25) is 0 Å². The van der Waals surface area contributed by atoms with Crippen LogP contribution in [0.1, 0.15) is 51.4 Å². The van der Waals surface area contributed by atoms with E-state index in [-0.39, 0.29) is 22.5 Å². The minimum absolute atomic E-state index is 0.0282. The molecule has 1 amide bonds. The molecule has 1 saturated heterocycles. The third-order valence-electron chi connectivity index (χ3n) is 7.59. The topological polar surface area (TPSA) is 264 Å². The zero-order chi connectivity index (χ0) is 36.9. The summed E-state index contributed by atoms with van der Waals surface area (Å²) in [5.41, 5.74) is -0.890. The number of nitrogens with zero attached hydrogens (tertiary/aromatic N) is 3. The fourth-order valence-electron chi connectivity index (χ4n) is 5.12. The molecule has 0 atom stereocenters. The Morgan fingerprint density at radius 2 is 1.35 bits per heavy atom. The Hall–Kier alpha value is -5.73. The third-order valence-corrected chi connectivity index (χ3v) is 9.05.